The summed E-state index contributed by atoms with van der Waals surface area (Å²) in [6.45, 7) is 3.87. The van der Waals surface area contributed by atoms with Gasteiger partial charge in [-0.2, -0.15) is 0 Å². The van der Waals surface area contributed by atoms with E-state index >= 15 is 0 Å². The van der Waals surface area contributed by atoms with Gasteiger partial charge in [-0.3, -0.25) is 14.5 Å². The molecule has 144 valence electrons. The van der Waals surface area contributed by atoms with Gasteiger partial charge in [-0.15, -0.1) is 0 Å². The number of nitrogens with zero attached hydrogens (tertiary/aromatic N) is 1. The predicted octanol–water partition coefficient (Wildman–Crippen LogP) is 3.01. The zero-order chi connectivity index (χ0) is 18.6. The molecule has 0 radical (unpaired) electrons. The second-order valence-electron chi connectivity index (χ2n) is 8.97. The number of hydrogen-bond acceptors (Lipinski definition) is 3. The van der Waals surface area contributed by atoms with Crippen molar-refractivity contribution in [1.82, 2.24) is 10.2 Å². The Balaban J connectivity index is 1.48. The van der Waals surface area contributed by atoms with Crippen LogP contribution in [0.15, 0.2) is 24.3 Å². The average molecular weight is 367 g/mol. The van der Waals surface area contributed by atoms with Gasteiger partial charge in [0.1, 0.15) is 5.54 Å². The minimum Gasteiger partial charge on any atom is -0.355 e. The number of fused-ring (bicyclic) bond motifs is 4. The molecule has 4 aliphatic rings. The Morgan fingerprint density at radius 2 is 2.11 bits per heavy atom. The van der Waals surface area contributed by atoms with Crippen LogP contribution in [0.1, 0.15) is 57.4 Å². The summed E-state index contributed by atoms with van der Waals surface area (Å²) in [5.74, 6) is -0.251. The van der Waals surface area contributed by atoms with E-state index in [9.17, 15) is 9.59 Å². The third kappa shape index (κ3) is 2.27. The van der Waals surface area contributed by atoms with E-state index in [2.05, 4.69) is 22.5 Å². The zero-order valence-electron chi connectivity index (χ0n) is 16.1. The van der Waals surface area contributed by atoms with Crippen molar-refractivity contribution in [3.8, 4) is 0 Å². The molecule has 2 N–H and O–H groups in total. The van der Waals surface area contributed by atoms with Crippen LogP contribution in [0, 0.1) is 11.3 Å². The highest BCUT2D eigenvalue weighted by molar-refractivity contribution is 6.09. The van der Waals surface area contributed by atoms with Gasteiger partial charge in [-0.1, -0.05) is 31.5 Å². The Labute approximate surface area is 160 Å². The highest BCUT2D eigenvalue weighted by atomic mass is 16.2. The van der Waals surface area contributed by atoms with Gasteiger partial charge in [0.05, 0.1) is 5.92 Å². The maximum Gasteiger partial charge on any atom is 0.250 e. The molecule has 3 atom stereocenters. The summed E-state index contributed by atoms with van der Waals surface area (Å²) in [6.07, 6.45) is 7.76. The van der Waals surface area contributed by atoms with Crippen LogP contribution in [0.3, 0.4) is 0 Å². The summed E-state index contributed by atoms with van der Waals surface area (Å²) < 4.78 is 0. The van der Waals surface area contributed by atoms with Crippen molar-refractivity contribution in [2.45, 2.75) is 63.5 Å². The van der Waals surface area contributed by atoms with Crippen LogP contribution in [0.25, 0.3) is 0 Å². The summed E-state index contributed by atoms with van der Waals surface area (Å²) in [6, 6.07) is 8.26. The topological polar surface area (TPSA) is 61.4 Å². The number of carbonyl (C=O) groups excluding carboxylic acids is 2. The smallest absolute Gasteiger partial charge is 0.250 e. The number of para-hydroxylation sites is 1. The molecule has 0 unspecified atom stereocenters. The van der Waals surface area contributed by atoms with E-state index in [1.54, 1.807) is 0 Å². The number of benzene rings is 1. The lowest BCUT2D eigenvalue weighted by Gasteiger charge is -2.42. The first kappa shape index (κ1) is 17.2. The molecule has 1 saturated carbocycles. The van der Waals surface area contributed by atoms with Crippen molar-refractivity contribution in [3.63, 3.8) is 0 Å². The van der Waals surface area contributed by atoms with Crippen LogP contribution >= 0.6 is 0 Å². The molecule has 5 rings (SSSR count). The van der Waals surface area contributed by atoms with Crippen LogP contribution in [0.2, 0.25) is 0 Å². The van der Waals surface area contributed by atoms with E-state index in [0.29, 0.717) is 6.04 Å². The summed E-state index contributed by atoms with van der Waals surface area (Å²) in [7, 11) is 0. The molecule has 5 heteroatoms. The Morgan fingerprint density at radius 3 is 2.85 bits per heavy atom. The standard InChI is InChI=1S/C22H29N3O2/c1-2-21(10-6-11-21)14-23-19(26)17-13-15-7-5-12-25(15)22(17)16-8-3-4-9-18(16)24-20(22)27/h3-4,8-9,15,17H,2,5-7,10-14H2,1H3,(H,23,26)(H,24,27)/t15-,17+,22+/m1/s1. The Kier molecular flexibility index (Phi) is 3.87. The second kappa shape index (κ2) is 6.06. The summed E-state index contributed by atoms with van der Waals surface area (Å²) in [4.78, 5) is 29.0. The highest BCUT2D eigenvalue weighted by Crippen LogP contribution is 2.55. The second-order valence-corrected chi connectivity index (χ2v) is 8.97. The third-order valence-electron chi connectivity index (χ3n) is 7.89. The minimum absolute atomic E-state index is 0.0119. The van der Waals surface area contributed by atoms with Crippen LogP contribution in [0.5, 0.6) is 0 Å². The maximum absolute atomic E-state index is 13.4. The van der Waals surface area contributed by atoms with Crippen LogP contribution in [-0.4, -0.2) is 35.8 Å². The molecular weight excluding hydrogens is 338 g/mol. The molecule has 1 aromatic carbocycles. The lowest BCUT2D eigenvalue weighted by atomic mass is 9.67. The van der Waals surface area contributed by atoms with Crippen molar-refractivity contribution in [2.75, 3.05) is 18.4 Å². The average Bonchev–Trinajstić information content (AvgIpc) is 3.29. The van der Waals surface area contributed by atoms with Crippen molar-refractivity contribution in [1.29, 1.82) is 0 Å². The number of hydrogen-bond donors (Lipinski definition) is 2. The molecule has 1 spiro atoms. The Morgan fingerprint density at radius 1 is 1.30 bits per heavy atom. The Hall–Kier alpha value is -1.88. The fraction of sp³-hybridized carbons (Fsp3) is 0.636. The van der Waals surface area contributed by atoms with Gasteiger partial charge < -0.3 is 10.6 Å². The molecule has 2 amide bonds. The molecule has 5 nitrogen and oxygen atoms in total. The van der Waals surface area contributed by atoms with Crippen molar-refractivity contribution >= 4 is 17.5 Å². The fourth-order valence-electron chi connectivity index (χ4n) is 6.11. The van der Waals surface area contributed by atoms with E-state index in [-0.39, 0.29) is 23.1 Å². The van der Waals surface area contributed by atoms with Gasteiger partial charge in [-0.25, -0.2) is 0 Å². The lowest BCUT2D eigenvalue weighted by Crippen LogP contribution is -2.55. The highest BCUT2D eigenvalue weighted by Gasteiger charge is 2.65. The van der Waals surface area contributed by atoms with E-state index < -0.39 is 5.54 Å². The molecule has 2 saturated heterocycles. The molecule has 3 aliphatic heterocycles. The molecule has 3 heterocycles. The van der Waals surface area contributed by atoms with Crippen molar-refractivity contribution in [2.24, 2.45) is 11.3 Å². The molecule has 27 heavy (non-hydrogen) atoms. The minimum atomic E-state index is -0.819. The van der Waals surface area contributed by atoms with Gasteiger partial charge >= 0.3 is 0 Å². The first-order valence-electron chi connectivity index (χ1n) is 10.6. The van der Waals surface area contributed by atoms with E-state index in [4.69, 9.17) is 0 Å². The predicted molar refractivity (Wildman–Crippen MR) is 104 cm³/mol. The van der Waals surface area contributed by atoms with E-state index in [1.807, 2.05) is 24.3 Å². The monoisotopic (exact) mass is 367 g/mol. The van der Waals surface area contributed by atoms with Crippen LogP contribution in [-0.2, 0) is 15.1 Å². The number of carbonyl (C=O) groups is 2. The zero-order valence-corrected chi connectivity index (χ0v) is 16.1. The SMILES string of the molecule is CCC1(CNC(=O)[C@@H]2C[C@H]3CCCN3[C@]23C(=O)Nc2ccccc23)CCC1. The third-order valence-corrected chi connectivity index (χ3v) is 7.89. The van der Waals surface area contributed by atoms with Gasteiger partial charge in [0, 0.05) is 23.8 Å². The first-order chi connectivity index (χ1) is 13.1. The van der Waals surface area contributed by atoms with Crippen molar-refractivity contribution < 1.29 is 9.59 Å². The number of rotatable bonds is 4. The number of amides is 2. The molecule has 0 bridgehead atoms. The van der Waals surface area contributed by atoms with Gasteiger partial charge in [0.15, 0.2) is 0 Å². The maximum atomic E-state index is 13.4. The molecular formula is C22H29N3O2. The quantitative estimate of drug-likeness (QED) is 0.860. The lowest BCUT2D eigenvalue weighted by molar-refractivity contribution is -0.138. The Bertz CT molecular complexity index is 782. The summed E-state index contributed by atoms with van der Waals surface area (Å²) >= 11 is 0. The molecule has 1 aliphatic carbocycles. The molecule has 1 aromatic rings. The normalized spacial score (nSPS) is 33.4. The van der Waals surface area contributed by atoms with Gasteiger partial charge in [0.2, 0.25) is 11.8 Å². The van der Waals surface area contributed by atoms with Crippen molar-refractivity contribution in [3.05, 3.63) is 29.8 Å². The number of anilines is 1. The molecule has 3 fully saturated rings. The number of nitrogens with one attached hydrogen (secondary N) is 2. The summed E-state index contributed by atoms with van der Waals surface area (Å²) in [5, 5.41) is 6.34. The van der Waals surface area contributed by atoms with Crippen LogP contribution < -0.4 is 10.6 Å². The van der Waals surface area contributed by atoms with Gasteiger partial charge in [-0.05, 0) is 56.6 Å². The van der Waals surface area contributed by atoms with Crippen LogP contribution in [0.4, 0.5) is 5.69 Å². The molecule has 0 aromatic heterocycles. The summed E-state index contributed by atoms with van der Waals surface area (Å²) in [5.41, 5.74) is 1.33. The fourth-order valence-corrected chi connectivity index (χ4v) is 6.11. The van der Waals surface area contributed by atoms with Gasteiger partial charge in [0.25, 0.3) is 0 Å². The first-order valence-corrected chi connectivity index (χ1v) is 10.6. The van der Waals surface area contributed by atoms with E-state index in [1.165, 1.54) is 19.3 Å². The van der Waals surface area contributed by atoms with E-state index in [0.717, 1.165) is 50.0 Å². The largest absolute Gasteiger partial charge is 0.355 e.